The van der Waals surface area contributed by atoms with Crippen LogP contribution in [0.5, 0.6) is 5.75 Å². The number of benzene rings is 1. The van der Waals surface area contributed by atoms with Gasteiger partial charge in [-0.25, -0.2) is 4.79 Å². The highest BCUT2D eigenvalue weighted by molar-refractivity contribution is 8.01. The van der Waals surface area contributed by atoms with Crippen LogP contribution in [-0.2, 0) is 4.79 Å². The number of hydrogen-bond acceptors (Lipinski definition) is 4. The van der Waals surface area contributed by atoms with Crippen molar-refractivity contribution in [2.24, 2.45) is 0 Å². The molecule has 1 aromatic rings. The monoisotopic (exact) mass is 295 g/mol. The minimum Gasteiger partial charge on any atom is -0.497 e. The molecule has 0 aliphatic carbocycles. The number of carboxylic acids is 1. The van der Waals surface area contributed by atoms with E-state index in [0.29, 0.717) is 11.4 Å². The van der Waals surface area contributed by atoms with E-state index in [9.17, 15) is 14.7 Å². The molecule has 1 aliphatic rings. The molecule has 2 N–H and O–H groups in total. The third-order valence-electron chi connectivity index (χ3n) is 3.40. The number of methoxy groups -OCH3 is 1. The Kier molecular flexibility index (Phi) is 4.23. The Labute approximate surface area is 121 Å². The minimum atomic E-state index is -1.09. The number of rotatable bonds is 4. The topological polar surface area (TPSA) is 75.6 Å². The second kappa shape index (κ2) is 5.75. The molecule has 2 rings (SSSR count). The Morgan fingerprint density at radius 3 is 2.75 bits per heavy atom. The first-order valence-electron chi connectivity index (χ1n) is 6.33. The first-order valence-corrected chi connectivity index (χ1v) is 7.31. The van der Waals surface area contributed by atoms with Gasteiger partial charge >= 0.3 is 5.97 Å². The molecule has 1 heterocycles. The van der Waals surface area contributed by atoms with Crippen molar-refractivity contribution in [1.29, 1.82) is 0 Å². The molecule has 0 aromatic heterocycles. The quantitative estimate of drug-likeness (QED) is 0.893. The average molecular weight is 295 g/mol. The average Bonchev–Trinajstić information content (AvgIpc) is 2.87. The summed E-state index contributed by atoms with van der Waals surface area (Å²) < 4.78 is 4.53. The molecule has 0 bridgehead atoms. The Balaban J connectivity index is 2.24. The van der Waals surface area contributed by atoms with Crippen LogP contribution < -0.4 is 10.1 Å². The molecule has 1 aliphatic heterocycles. The Hall–Kier alpha value is -1.69. The molecule has 1 saturated heterocycles. The Morgan fingerprint density at radius 1 is 1.45 bits per heavy atom. The van der Waals surface area contributed by atoms with Gasteiger partial charge in [0, 0.05) is 0 Å². The number of thioether (sulfide) groups is 1. The summed E-state index contributed by atoms with van der Waals surface area (Å²) in [5.41, 5.74) is 0.335. The van der Waals surface area contributed by atoms with Gasteiger partial charge in [0.1, 0.15) is 5.75 Å². The molecule has 108 valence electrons. The van der Waals surface area contributed by atoms with Crippen molar-refractivity contribution in [1.82, 2.24) is 0 Å². The Morgan fingerprint density at radius 2 is 2.20 bits per heavy atom. The largest absolute Gasteiger partial charge is 0.497 e. The third-order valence-corrected chi connectivity index (χ3v) is 4.92. The lowest BCUT2D eigenvalue weighted by Crippen LogP contribution is -2.35. The number of amides is 1. The molecule has 0 radical (unpaired) electrons. The molecule has 6 heteroatoms. The van der Waals surface area contributed by atoms with Crippen LogP contribution in [0.4, 0.5) is 5.69 Å². The predicted octanol–water partition coefficient (Wildman–Crippen LogP) is 2.62. The number of carboxylic acid groups (broad SMARTS) is 1. The fourth-order valence-electron chi connectivity index (χ4n) is 2.15. The highest BCUT2D eigenvalue weighted by Gasteiger charge is 2.37. The van der Waals surface area contributed by atoms with Gasteiger partial charge in [0.05, 0.1) is 23.1 Å². The number of aromatic carboxylic acids is 1. The van der Waals surface area contributed by atoms with Gasteiger partial charge in [0.15, 0.2) is 0 Å². The highest BCUT2D eigenvalue weighted by Crippen LogP contribution is 2.38. The molecule has 5 nitrogen and oxygen atoms in total. The predicted molar refractivity (Wildman–Crippen MR) is 78.7 cm³/mol. The van der Waals surface area contributed by atoms with Crippen molar-refractivity contribution in [2.75, 3.05) is 18.2 Å². The molecule has 1 fully saturated rings. The van der Waals surface area contributed by atoms with E-state index in [-0.39, 0.29) is 11.5 Å². The number of hydrogen-bond donors (Lipinski definition) is 2. The Bertz CT molecular complexity index is 538. The highest BCUT2D eigenvalue weighted by atomic mass is 32.2. The van der Waals surface area contributed by atoms with Gasteiger partial charge in [0.2, 0.25) is 5.91 Å². The molecular weight excluding hydrogens is 278 g/mol. The van der Waals surface area contributed by atoms with Crippen LogP contribution in [0.25, 0.3) is 0 Å². The van der Waals surface area contributed by atoms with E-state index in [4.69, 9.17) is 4.74 Å². The summed E-state index contributed by atoms with van der Waals surface area (Å²) in [4.78, 5) is 23.6. The molecule has 0 spiro atoms. The first kappa shape index (κ1) is 14.7. The molecule has 1 atom stereocenters. The summed E-state index contributed by atoms with van der Waals surface area (Å²) >= 11 is 1.61. The van der Waals surface area contributed by atoms with E-state index in [0.717, 1.165) is 18.6 Å². The smallest absolute Gasteiger partial charge is 0.337 e. The number of carbonyl (C=O) groups is 2. The van der Waals surface area contributed by atoms with Gasteiger partial charge in [-0.15, -0.1) is 11.8 Å². The van der Waals surface area contributed by atoms with Crippen LogP contribution in [0.3, 0.4) is 0 Å². The summed E-state index contributed by atoms with van der Waals surface area (Å²) in [5, 5.41) is 11.9. The van der Waals surface area contributed by atoms with Crippen LogP contribution in [0.1, 0.15) is 30.1 Å². The van der Waals surface area contributed by atoms with E-state index < -0.39 is 10.7 Å². The lowest BCUT2D eigenvalue weighted by atomic mass is 10.0. The van der Waals surface area contributed by atoms with Crippen LogP contribution >= 0.6 is 11.8 Å². The molecule has 20 heavy (non-hydrogen) atoms. The van der Waals surface area contributed by atoms with E-state index in [1.165, 1.54) is 13.2 Å². The van der Waals surface area contributed by atoms with Gasteiger partial charge in [-0.1, -0.05) is 0 Å². The van der Waals surface area contributed by atoms with Gasteiger partial charge in [-0.05, 0) is 43.7 Å². The number of carbonyl (C=O) groups excluding carboxylic acids is 1. The van der Waals surface area contributed by atoms with Crippen molar-refractivity contribution in [3.63, 3.8) is 0 Å². The normalized spacial score (nSPS) is 21.5. The van der Waals surface area contributed by atoms with E-state index in [1.807, 2.05) is 6.92 Å². The van der Waals surface area contributed by atoms with E-state index in [1.54, 1.807) is 23.9 Å². The van der Waals surface area contributed by atoms with Gasteiger partial charge in [0.25, 0.3) is 0 Å². The minimum absolute atomic E-state index is 0.0318. The zero-order valence-corrected chi connectivity index (χ0v) is 12.3. The molecule has 1 amide bonds. The SMILES string of the molecule is COc1ccc(NC(=O)C2(C)CCCS2)c(C(=O)O)c1. The van der Waals surface area contributed by atoms with Gasteiger partial charge < -0.3 is 15.2 Å². The van der Waals surface area contributed by atoms with Gasteiger partial charge in [-0.3, -0.25) is 4.79 Å². The second-order valence-electron chi connectivity index (χ2n) is 4.85. The summed E-state index contributed by atoms with van der Waals surface area (Å²) in [6, 6.07) is 4.59. The summed E-state index contributed by atoms with van der Waals surface area (Å²) in [7, 11) is 1.47. The lowest BCUT2D eigenvalue weighted by molar-refractivity contribution is -0.118. The maximum absolute atomic E-state index is 12.3. The maximum atomic E-state index is 12.3. The van der Waals surface area contributed by atoms with E-state index >= 15 is 0 Å². The fourth-order valence-corrected chi connectivity index (χ4v) is 3.36. The number of anilines is 1. The molecule has 1 unspecified atom stereocenters. The van der Waals surface area contributed by atoms with Crippen molar-refractivity contribution in [2.45, 2.75) is 24.5 Å². The third kappa shape index (κ3) is 2.90. The van der Waals surface area contributed by atoms with E-state index in [2.05, 4.69) is 5.32 Å². The summed E-state index contributed by atoms with van der Waals surface area (Å²) in [5.74, 6) is 0.163. The zero-order chi connectivity index (χ0) is 14.8. The number of nitrogens with one attached hydrogen (secondary N) is 1. The molecule has 0 saturated carbocycles. The standard InChI is InChI=1S/C14H17NO4S/c1-14(6-3-7-20-14)13(18)15-11-5-4-9(19-2)8-10(11)12(16)17/h4-5,8H,3,6-7H2,1-2H3,(H,15,18)(H,16,17). The number of ether oxygens (including phenoxy) is 1. The zero-order valence-electron chi connectivity index (χ0n) is 11.4. The van der Waals surface area contributed by atoms with Crippen LogP contribution in [-0.4, -0.2) is 34.6 Å². The van der Waals surface area contributed by atoms with Crippen LogP contribution in [0, 0.1) is 0 Å². The molecular formula is C14H17NO4S. The van der Waals surface area contributed by atoms with Crippen molar-refractivity contribution in [3.8, 4) is 5.75 Å². The van der Waals surface area contributed by atoms with Gasteiger partial charge in [-0.2, -0.15) is 0 Å². The summed E-state index contributed by atoms with van der Waals surface area (Å²) in [6.45, 7) is 1.89. The molecule has 1 aromatic carbocycles. The van der Waals surface area contributed by atoms with Crippen LogP contribution in [0.15, 0.2) is 18.2 Å². The van der Waals surface area contributed by atoms with Crippen LogP contribution in [0.2, 0.25) is 0 Å². The van der Waals surface area contributed by atoms with Crippen molar-refractivity contribution in [3.05, 3.63) is 23.8 Å². The summed E-state index contributed by atoms with van der Waals surface area (Å²) in [6.07, 6.45) is 1.81. The van der Waals surface area contributed by atoms with Crippen molar-refractivity contribution >= 4 is 29.3 Å². The second-order valence-corrected chi connectivity index (χ2v) is 6.45. The fraction of sp³-hybridized carbons (Fsp3) is 0.429. The first-order chi connectivity index (χ1) is 9.46. The maximum Gasteiger partial charge on any atom is 0.337 e. The van der Waals surface area contributed by atoms with Crippen molar-refractivity contribution < 1.29 is 19.4 Å². The lowest BCUT2D eigenvalue weighted by Gasteiger charge is -2.22.